The van der Waals surface area contributed by atoms with E-state index in [1.165, 1.54) is 13.2 Å². The number of rotatable bonds is 5. The van der Waals surface area contributed by atoms with Gasteiger partial charge in [0.1, 0.15) is 17.8 Å². The largest absolute Gasteiger partial charge is 0.493 e. The van der Waals surface area contributed by atoms with Crippen LogP contribution in [0.15, 0.2) is 47.6 Å². The summed E-state index contributed by atoms with van der Waals surface area (Å²) >= 11 is 6.05. The van der Waals surface area contributed by atoms with Gasteiger partial charge < -0.3 is 9.47 Å². The van der Waals surface area contributed by atoms with Crippen molar-refractivity contribution in [3.05, 3.63) is 59.3 Å². The lowest BCUT2D eigenvalue weighted by atomic mass is 10.1. The van der Waals surface area contributed by atoms with Gasteiger partial charge in [-0.05, 0) is 30.3 Å². The predicted molar refractivity (Wildman–Crippen MR) is 102 cm³/mol. The van der Waals surface area contributed by atoms with Crippen molar-refractivity contribution in [1.82, 2.24) is 9.97 Å². The molecule has 2 aromatic carbocycles. The predicted octanol–water partition coefficient (Wildman–Crippen LogP) is 4.40. The van der Waals surface area contributed by atoms with Crippen molar-refractivity contribution in [1.29, 1.82) is 0 Å². The zero-order valence-corrected chi connectivity index (χ0v) is 17.0. The van der Waals surface area contributed by atoms with E-state index < -0.39 is 49.5 Å². The molecular formula is C18H12ClF4N3O4S. The second kappa shape index (κ2) is 8.29. The van der Waals surface area contributed by atoms with Crippen molar-refractivity contribution in [2.24, 2.45) is 5.14 Å². The van der Waals surface area contributed by atoms with Gasteiger partial charge >= 0.3 is 6.18 Å². The van der Waals surface area contributed by atoms with Gasteiger partial charge in [0.2, 0.25) is 10.0 Å². The molecule has 0 bridgehead atoms. The molecule has 7 nitrogen and oxygen atoms in total. The number of alkyl halides is 3. The van der Waals surface area contributed by atoms with Crippen LogP contribution in [0.5, 0.6) is 17.2 Å². The Labute approximate surface area is 178 Å². The zero-order valence-electron chi connectivity index (χ0n) is 15.4. The van der Waals surface area contributed by atoms with E-state index in [2.05, 4.69) is 9.97 Å². The summed E-state index contributed by atoms with van der Waals surface area (Å²) in [5.41, 5.74) is -2.12. The van der Waals surface area contributed by atoms with Crippen molar-refractivity contribution in [2.45, 2.75) is 11.1 Å². The summed E-state index contributed by atoms with van der Waals surface area (Å²) in [7, 11) is -3.20. The maximum atomic E-state index is 13.7. The first-order valence-corrected chi connectivity index (χ1v) is 10.1. The van der Waals surface area contributed by atoms with Crippen LogP contribution in [0.2, 0.25) is 5.15 Å². The lowest BCUT2D eigenvalue weighted by Gasteiger charge is -2.16. The van der Waals surface area contributed by atoms with E-state index in [-0.39, 0.29) is 16.7 Å². The number of hydrogen-bond donors (Lipinski definition) is 1. The van der Waals surface area contributed by atoms with Gasteiger partial charge in [0.05, 0.1) is 17.6 Å². The molecule has 0 spiro atoms. The maximum Gasteiger partial charge on any atom is 0.416 e. The normalized spacial score (nSPS) is 12.0. The van der Waals surface area contributed by atoms with E-state index in [0.717, 1.165) is 18.5 Å². The lowest BCUT2D eigenvalue weighted by Crippen LogP contribution is -2.15. The SMILES string of the molecule is COc1ccc(F)cc1Oc1c(Cl)ncnc1-c1cc(C(F)(F)F)ccc1S(N)(=O)=O. The van der Waals surface area contributed by atoms with Crippen molar-refractivity contribution in [2.75, 3.05) is 7.11 Å². The maximum absolute atomic E-state index is 13.7. The summed E-state index contributed by atoms with van der Waals surface area (Å²) in [5, 5.41) is 4.78. The fraction of sp³-hybridized carbons (Fsp3) is 0.111. The summed E-state index contributed by atoms with van der Waals surface area (Å²) in [6.45, 7) is 0. The number of nitrogens with zero attached hydrogens (tertiary/aromatic N) is 2. The third-order valence-corrected chi connectivity index (χ3v) is 5.20. The van der Waals surface area contributed by atoms with E-state index in [4.69, 9.17) is 26.2 Å². The van der Waals surface area contributed by atoms with E-state index in [1.807, 2.05) is 0 Å². The molecule has 31 heavy (non-hydrogen) atoms. The van der Waals surface area contributed by atoms with Crippen LogP contribution in [0.3, 0.4) is 0 Å². The van der Waals surface area contributed by atoms with Gasteiger partial charge in [-0.15, -0.1) is 0 Å². The lowest BCUT2D eigenvalue weighted by molar-refractivity contribution is -0.137. The first-order valence-electron chi connectivity index (χ1n) is 8.18. The highest BCUT2D eigenvalue weighted by molar-refractivity contribution is 7.89. The van der Waals surface area contributed by atoms with E-state index >= 15 is 0 Å². The topological polar surface area (TPSA) is 104 Å². The highest BCUT2D eigenvalue weighted by Gasteiger charge is 2.33. The molecule has 1 aromatic heterocycles. The molecule has 0 aliphatic heterocycles. The number of methoxy groups -OCH3 is 1. The minimum absolute atomic E-state index is 0.0583. The van der Waals surface area contributed by atoms with Crippen molar-refractivity contribution >= 4 is 21.6 Å². The van der Waals surface area contributed by atoms with Gasteiger partial charge in [0.25, 0.3) is 0 Å². The molecule has 0 saturated heterocycles. The van der Waals surface area contributed by atoms with Crippen LogP contribution in [0.25, 0.3) is 11.3 Å². The summed E-state index contributed by atoms with van der Waals surface area (Å²) in [6, 6.07) is 5.04. The molecule has 0 radical (unpaired) electrons. The van der Waals surface area contributed by atoms with Gasteiger partial charge in [-0.3, -0.25) is 0 Å². The first-order chi connectivity index (χ1) is 14.4. The Balaban J connectivity index is 2.29. The average molecular weight is 478 g/mol. The molecule has 0 fully saturated rings. The molecule has 0 amide bonds. The number of halogens is 5. The van der Waals surface area contributed by atoms with Crippen molar-refractivity contribution in [3.8, 4) is 28.5 Å². The van der Waals surface area contributed by atoms with Crippen LogP contribution in [0, 0.1) is 5.82 Å². The molecule has 0 unspecified atom stereocenters. The number of sulfonamides is 1. The number of aromatic nitrogens is 2. The number of hydrogen-bond acceptors (Lipinski definition) is 6. The second-order valence-corrected chi connectivity index (χ2v) is 7.88. The third-order valence-electron chi connectivity index (χ3n) is 3.97. The molecular weight excluding hydrogens is 466 g/mol. The van der Waals surface area contributed by atoms with Gasteiger partial charge in [-0.2, -0.15) is 13.2 Å². The second-order valence-electron chi connectivity index (χ2n) is 5.99. The van der Waals surface area contributed by atoms with Crippen LogP contribution >= 0.6 is 11.6 Å². The molecule has 1 heterocycles. The quantitative estimate of drug-likeness (QED) is 0.431. The average Bonchev–Trinajstić information content (AvgIpc) is 2.68. The molecule has 0 atom stereocenters. The Hall–Kier alpha value is -2.96. The number of ether oxygens (including phenoxy) is 2. The molecule has 0 aliphatic carbocycles. The molecule has 3 rings (SSSR count). The van der Waals surface area contributed by atoms with Gasteiger partial charge in [-0.25, -0.2) is 27.9 Å². The standard InChI is InChI=1S/C18H12ClF4N3O4S/c1-29-12-4-3-10(20)7-13(12)30-16-15(25-8-26-17(16)19)11-6-9(18(21,22)23)2-5-14(11)31(24,27)28/h2-8H,1H3,(H2,24,27,28). The highest BCUT2D eigenvalue weighted by atomic mass is 35.5. The van der Waals surface area contributed by atoms with Crippen molar-refractivity contribution < 1.29 is 35.5 Å². The Morgan fingerprint density at radius 3 is 2.39 bits per heavy atom. The summed E-state index contributed by atoms with van der Waals surface area (Å²) in [5.74, 6) is -1.29. The summed E-state index contributed by atoms with van der Waals surface area (Å²) in [4.78, 5) is 6.87. The Bertz CT molecular complexity index is 1250. The highest BCUT2D eigenvalue weighted by Crippen LogP contribution is 2.43. The minimum atomic E-state index is -4.80. The fourth-order valence-corrected chi connectivity index (χ4v) is 3.51. The van der Waals surface area contributed by atoms with Crippen LogP contribution in [0.1, 0.15) is 5.56 Å². The molecule has 0 aliphatic rings. The summed E-state index contributed by atoms with van der Waals surface area (Å²) < 4.78 is 88.1. The molecule has 2 N–H and O–H groups in total. The molecule has 0 saturated carbocycles. The third kappa shape index (κ3) is 4.86. The van der Waals surface area contributed by atoms with E-state index in [1.54, 1.807) is 0 Å². The van der Waals surface area contributed by atoms with E-state index in [9.17, 15) is 26.0 Å². The van der Waals surface area contributed by atoms with E-state index in [0.29, 0.717) is 18.2 Å². The molecule has 13 heteroatoms. The van der Waals surface area contributed by atoms with Crippen LogP contribution in [-0.4, -0.2) is 25.5 Å². The Morgan fingerprint density at radius 2 is 1.77 bits per heavy atom. The minimum Gasteiger partial charge on any atom is -0.493 e. The van der Waals surface area contributed by atoms with Crippen LogP contribution < -0.4 is 14.6 Å². The Kier molecular flexibility index (Phi) is 6.07. The van der Waals surface area contributed by atoms with Gasteiger partial charge in [0, 0.05) is 11.6 Å². The van der Waals surface area contributed by atoms with Crippen molar-refractivity contribution in [3.63, 3.8) is 0 Å². The van der Waals surface area contributed by atoms with Crippen LogP contribution in [0.4, 0.5) is 17.6 Å². The van der Waals surface area contributed by atoms with Crippen LogP contribution in [-0.2, 0) is 16.2 Å². The molecule has 3 aromatic rings. The Morgan fingerprint density at radius 1 is 1.06 bits per heavy atom. The smallest absolute Gasteiger partial charge is 0.416 e. The zero-order chi connectivity index (χ0) is 23.0. The number of primary sulfonamides is 1. The van der Waals surface area contributed by atoms with Gasteiger partial charge in [-0.1, -0.05) is 11.6 Å². The molecule has 164 valence electrons. The summed E-state index contributed by atoms with van der Waals surface area (Å²) in [6.07, 6.45) is -3.91. The monoisotopic (exact) mass is 477 g/mol. The first kappa shape index (κ1) is 22.7. The van der Waals surface area contributed by atoms with Gasteiger partial charge in [0.15, 0.2) is 22.4 Å². The number of benzene rings is 2. The fourth-order valence-electron chi connectivity index (χ4n) is 2.61. The number of nitrogens with two attached hydrogens (primary N) is 1.